The predicted molar refractivity (Wildman–Crippen MR) is 86.6 cm³/mol. The van der Waals surface area contributed by atoms with Crippen LogP contribution < -0.4 is 5.32 Å². The van der Waals surface area contributed by atoms with E-state index in [1.165, 1.54) is 9.75 Å². The zero-order valence-electron chi connectivity index (χ0n) is 11.2. The first-order chi connectivity index (χ1) is 9.16. The van der Waals surface area contributed by atoms with Gasteiger partial charge in [-0.25, -0.2) is 0 Å². The molecule has 0 bridgehead atoms. The summed E-state index contributed by atoms with van der Waals surface area (Å²) in [6.07, 6.45) is 2.77. The Balaban J connectivity index is 2.01. The minimum atomic E-state index is -0.769. The first-order valence-corrected chi connectivity index (χ1v) is 9.66. The Bertz CT molecular complexity index is 493. The fraction of sp³-hybridized carbons (Fsp3) is 0.429. The van der Waals surface area contributed by atoms with Crippen molar-refractivity contribution in [2.75, 3.05) is 12.8 Å². The maximum absolute atomic E-state index is 11.4. The minimum Gasteiger partial charge on any atom is -0.308 e. The van der Waals surface area contributed by atoms with E-state index in [-0.39, 0.29) is 5.25 Å². The molecule has 0 aliphatic rings. The molecule has 0 amide bonds. The van der Waals surface area contributed by atoms with Crippen LogP contribution in [0.3, 0.4) is 0 Å². The summed E-state index contributed by atoms with van der Waals surface area (Å²) in [4.78, 5) is 2.73. The van der Waals surface area contributed by atoms with Crippen molar-refractivity contribution in [1.82, 2.24) is 5.32 Å². The molecule has 19 heavy (non-hydrogen) atoms. The van der Waals surface area contributed by atoms with E-state index < -0.39 is 10.8 Å². The zero-order chi connectivity index (χ0) is 13.7. The highest BCUT2D eigenvalue weighted by Crippen LogP contribution is 2.24. The van der Waals surface area contributed by atoms with Crippen molar-refractivity contribution in [3.05, 3.63) is 44.8 Å². The van der Waals surface area contributed by atoms with Gasteiger partial charge in [0.1, 0.15) is 0 Å². The first kappa shape index (κ1) is 14.9. The van der Waals surface area contributed by atoms with Gasteiger partial charge in [0, 0.05) is 51.1 Å². The molecule has 0 radical (unpaired) electrons. The Labute approximate surface area is 125 Å². The van der Waals surface area contributed by atoms with Gasteiger partial charge in [-0.2, -0.15) is 0 Å². The van der Waals surface area contributed by atoms with E-state index >= 15 is 0 Å². The van der Waals surface area contributed by atoms with Gasteiger partial charge in [0.05, 0.1) is 0 Å². The average Bonchev–Trinajstić information content (AvgIpc) is 3.06. The quantitative estimate of drug-likeness (QED) is 0.848. The van der Waals surface area contributed by atoms with Crippen LogP contribution in [0.2, 0.25) is 0 Å². The molecule has 1 N–H and O–H groups in total. The van der Waals surface area contributed by atoms with Gasteiger partial charge in [0.2, 0.25) is 0 Å². The fourth-order valence-corrected chi connectivity index (χ4v) is 3.70. The molecule has 5 heteroatoms. The third-order valence-corrected chi connectivity index (χ3v) is 6.28. The van der Waals surface area contributed by atoms with Crippen molar-refractivity contribution in [3.8, 4) is 0 Å². The van der Waals surface area contributed by atoms with E-state index in [0.717, 1.165) is 13.0 Å². The van der Waals surface area contributed by atoms with Gasteiger partial charge < -0.3 is 5.32 Å². The smallest absolute Gasteiger partial charge is 0.0463 e. The molecule has 0 aromatic carbocycles. The molecule has 2 aromatic heterocycles. The Hall–Kier alpha value is -0.490. The van der Waals surface area contributed by atoms with Crippen LogP contribution >= 0.6 is 22.7 Å². The van der Waals surface area contributed by atoms with Crippen LogP contribution in [0, 0.1) is 0 Å². The Kier molecular flexibility index (Phi) is 5.76. The maximum atomic E-state index is 11.4. The SMILES string of the molecule is CC(CNC(Cc1cccs1)c1cccs1)S(C)=O. The lowest BCUT2D eigenvalue weighted by Gasteiger charge is -2.19. The molecule has 2 heterocycles. The van der Waals surface area contributed by atoms with E-state index in [0.29, 0.717) is 6.04 Å². The number of hydrogen-bond donors (Lipinski definition) is 1. The summed E-state index contributed by atoms with van der Waals surface area (Å²) in [6.45, 7) is 2.82. The maximum Gasteiger partial charge on any atom is 0.0463 e. The molecule has 2 rings (SSSR count). The summed E-state index contributed by atoms with van der Waals surface area (Å²) < 4.78 is 11.4. The number of rotatable bonds is 7. The van der Waals surface area contributed by atoms with E-state index in [1.54, 1.807) is 28.9 Å². The van der Waals surface area contributed by atoms with Crippen LogP contribution in [0.5, 0.6) is 0 Å². The van der Waals surface area contributed by atoms with Crippen molar-refractivity contribution < 1.29 is 4.21 Å². The second kappa shape index (κ2) is 7.33. The predicted octanol–water partition coefficient (Wildman–Crippen LogP) is 3.45. The van der Waals surface area contributed by atoms with Crippen molar-refractivity contribution in [3.63, 3.8) is 0 Å². The van der Waals surface area contributed by atoms with Gasteiger partial charge in [-0.15, -0.1) is 22.7 Å². The molecule has 0 saturated carbocycles. The molecule has 0 aliphatic carbocycles. The number of hydrogen-bond acceptors (Lipinski definition) is 4. The summed E-state index contributed by atoms with van der Waals surface area (Å²) in [5, 5.41) is 7.98. The standard InChI is InChI=1S/C14H19NOS3/c1-11(19(2)16)10-15-13(14-6-4-8-18-14)9-12-5-3-7-17-12/h3-8,11,13,15H,9-10H2,1-2H3. The molecule has 0 aliphatic heterocycles. The van der Waals surface area contributed by atoms with Gasteiger partial charge in [0.15, 0.2) is 0 Å². The van der Waals surface area contributed by atoms with E-state index in [9.17, 15) is 4.21 Å². The topological polar surface area (TPSA) is 29.1 Å². The second-order valence-corrected chi connectivity index (χ2v) is 8.38. The Morgan fingerprint density at radius 2 is 2.00 bits per heavy atom. The molecular formula is C14H19NOS3. The number of thiophene rings is 2. The van der Waals surface area contributed by atoms with Crippen LogP contribution in [0.1, 0.15) is 22.7 Å². The van der Waals surface area contributed by atoms with Gasteiger partial charge in [-0.1, -0.05) is 12.1 Å². The normalized spacial score (nSPS) is 16.1. The van der Waals surface area contributed by atoms with Crippen LogP contribution in [-0.2, 0) is 17.2 Å². The summed E-state index contributed by atoms with van der Waals surface area (Å²) in [5.74, 6) is 0. The van der Waals surface area contributed by atoms with Crippen molar-refractivity contribution in [1.29, 1.82) is 0 Å². The minimum absolute atomic E-state index is 0.186. The summed E-state index contributed by atoms with van der Waals surface area (Å²) in [6, 6.07) is 8.85. The number of nitrogens with one attached hydrogen (secondary N) is 1. The summed E-state index contributed by atoms with van der Waals surface area (Å²) >= 11 is 3.57. The van der Waals surface area contributed by atoms with E-state index in [1.807, 2.05) is 6.92 Å². The van der Waals surface area contributed by atoms with Crippen molar-refractivity contribution in [2.24, 2.45) is 0 Å². The fourth-order valence-electron chi connectivity index (χ4n) is 1.82. The molecular weight excluding hydrogens is 294 g/mol. The highest BCUT2D eigenvalue weighted by Gasteiger charge is 2.15. The first-order valence-electron chi connectivity index (χ1n) is 6.28. The van der Waals surface area contributed by atoms with Crippen LogP contribution in [0.4, 0.5) is 0 Å². The molecule has 0 fully saturated rings. The van der Waals surface area contributed by atoms with Crippen molar-refractivity contribution in [2.45, 2.75) is 24.6 Å². The molecule has 104 valence electrons. The van der Waals surface area contributed by atoms with Crippen LogP contribution in [0.15, 0.2) is 35.0 Å². The third-order valence-electron chi connectivity index (χ3n) is 3.09. The van der Waals surface area contributed by atoms with Crippen molar-refractivity contribution >= 4 is 33.5 Å². The van der Waals surface area contributed by atoms with Gasteiger partial charge in [-0.05, 0) is 29.8 Å². The largest absolute Gasteiger partial charge is 0.308 e. The van der Waals surface area contributed by atoms with Gasteiger partial charge >= 0.3 is 0 Å². The highest BCUT2D eigenvalue weighted by molar-refractivity contribution is 7.84. The van der Waals surface area contributed by atoms with Gasteiger partial charge in [0.25, 0.3) is 0 Å². The summed E-state index contributed by atoms with van der Waals surface area (Å²) in [5.41, 5.74) is 0. The average molecular weight is 314 g/mol. The molecule has 0 saturated heterocycles. The van der Waals surface area contributed by atoms with E-state index in [2.05, 4.69) is 40.3 Å². The van der Waals surface area contributed by atoms with E-state index in [4.69, 9.17) is 0 Å². The molecule has 3 unspecified atom stereocenters. The Morgan fingerprint density at radius 1 is 1.26 bits per heavy atom. The lowest BCUT2D eigenvalue weighted by atomic mass is 10.1. The Morgan fingerprint density at radius 3 is 2.58 bits per heavy atom. The van der Waals surface area contributed by atoms with Crippen LogP contribution in [-0.4, -0.2) is 22.3 Å². The third kappa shape index (κ3) is 4.53. The summed E-state index contributed by atoms with van der Waals surface area (Å²) in [7, 11) is -0.769. The molecule has 2 aromatic rings. The molecule has 2 nitrogen and oxygen atoms in total. The monoisotopic (exact) mass is 313 g/mol. The molecule has 0 spiro atoms. The lowest BCUT2D eigenvalue weighted by molar-refractivity contribution is 0.539. The zero-order valence-corrected chi connectivity index (χ0v) is 13.6. The highest BCUT2D eigenvalue weighted by atomic mass is 32.2. The molecule has 3 atom stereocenters. The van der Waals surface area contributed by atoms with Gasteiger partial charge in [-0.3, -0.25) is 4.21 Å². The lowest BCUT2D eigenvalue weighted by Crippen LogP contribution is -2.31. The van der Waals surface area contributed by atoms with Crippen LogP contribution in [0.25, 0.3) is 0 Å². The second-order valence-electron chi connectivity index (χ2n) is 4.57.